The van der Waals surface area contributed by atoms with Crippen LogP contribution in [0.2, 0.25) is 0 Å². The van der Waals surface area contributed by atoms with Crippen molar-refractivity contribution in [1.82, 2.24) is 14.8 Å². The Morgan fingerprint density at radius 2 is 1.92 bits per heavy atom. The molecule has 1 aromatic carbocycles. The Hall–Kier alpha value is -3.02. The monoisotopic (exact) mass is 337 g/mol. The van der Waals surface area contributed by atoms with Crippen molar-refractivity contribution in [2.45, 2.75) is 25.8 Å². The molecule has 6 nitrogen and oxygen atoms in total. The van der Waals surface area contributed by atoms with Gasteiger partial charge in [-0.05, 0) is 42.7 Å². The first-order chi connectivity index (χ1) is 12.2. The Morgan fingerprint density at radius 1 is 1.12 bits per heavy atom. The number of rotatable bonds is 7. The van der Waals surface area contributed by atoms with Gasteiger partial charge in [0.15, 0.2) is 0 Å². The number of hydrogen-bond acceptors (Lipinski definition) is 5. The summed E-state index contributed by atoms with van der Waals surface area (Å²) in [5, 5.41) is 4.71. The number of benzene rings is 1. The zero-order chi connectivity index (χ0) is 17.5. The molecule has 0 saturated heterocycles. The van der Waals surface area contributed by atoms with Gasteiger partial charge in [-0.1, -0.05) is 12.1 Å². The second kappa shape index (κ2) is 8.19. The summed E-state index contributed by atoms with van der Waals surface area (Å²) in [6.45, 7) is 0.767. The molecule has 0 unspecified atom stereocenters. The van der Waals surface area contributed by atoms with Crippen molar-refractivity contribution < 1.29 is 9.53 Å². The molecule has 25 heavy (non-hydrogen) atoms. The van der Waals surface area contributed by atoms with E-state index in [1.54, 1.807) is 23.1 Å². The van der Waals surface area contributed by atoms with Crippen molar-refractivity contribution >= 4 is 16.9 Å². The largest absolute Gasteiger partial charge is 0.466 e. The quantitative estimate of drug-likeness (QED) is 0.489. The number of fused-ring (bicyclic) bond motifs is 1. The number of para-hydroxylation sites is 1. The van der Waals surface area contributed by atoms with E-state index in [1.165, 1.54) is 11.8 Å². The summed E-state index contributed by atoms with van der Waals surface area (Å²) in [7, 11) is 0. The number of pyridine rings is 1. The van der Waals surface area contributed by atoms with Gasteiger partial charge in [0, 0.05) is 17.8 Å². The number of carbonyl (C=O) groups is 1. The van der Waals surface area contributed by atoms with Crippen molar-refractivity contribution in [3.63, 3.8) is 0 Å². The molecule has 0 N–H and O–H groups in total. The first-order valence-corrected chi connectivity index (χ1v) is 8.23. The number of aromatic nitrogens is 3. The highest BCUT2D eigenvalue weighted by Gasteiger charge is 2.07. The number of hydrogen-bond donors (Lipinski definition) is 0. The highest BCUT2D eigenvalue weighted by molar-refractivity contribution is 5.78. The van der Waals surface area contributed by atoms with Crippen LogP contribution in [0, 0.1) is 0 Å². The molecule has 0 amide bonds. The Bertz CT molecular complexity index is 906. The summed E-state index contributed by atoms with van der Waals surface area (Å²) in [6.07, 6.45) is 6.63. The molecule has 0 aliphatic carbocycles. The molecule has 0 aliphatic heterocycles. The molecule has 2 aromatic heterocycles. The second-order valence-corrected chi connectivity index (χ2v) is 5.68. The molecule has 0 fully saturated rings. The zero-order valence-electron chi connectivity index (χ0n) is 13.8. The van der Waals surface area contributed by atoms with Crippen LogP contribution in [0.5, 0.6) is 0 Å². The Morgan fingerprint density at radius 3 is 2.76 bits per heavy atom. The van der Waals surface area contributed by atoms with Crippen molar-refractivity contribution in [2.75, 3.05) is 6.61 Å². The van der Waals surface area contributed by atoms with Gasteiger partial charge < -0.3 is 4.74 Å². The van der Waals surface area contributed by atoms with Gasteiger partial charge in [0.2, 0.25) is 5.43 Å². The first-order valence-electron chi connectivity index (χ1n) is 8.23. The highest BCUT2D eigenvalue weighted by atomic mass is 16.5. The van der Waals surface area contributed by atoms with Crippen molar-refractivity contribution in [2.24, 2.45) is 0 Å². The summed E-state index contributed by atoms with van der Waals surface area (Å²) in [4.78, 5) is 27.7. The molecule has 2 heterocycles. The number of aryl methyl sites for hydroxylation is 2. The van der Waals surface area contributed by atoms with E-state index in [4.69, 9.17) is 4.74 Å². The van der Waals surface area contributed by atoms with Gasteiger partial charge in [-0.2, -0.15) is 5.10 Å². The van der Waals surface area contributed by atoms with E-state index in [-0.39, 0.29) is 17.8 Å². The lowest BCUT2D eigenvalue weighted by molar-refractivity contribution is -0.144. The highest BCUT2D eigenvalue weighted by Crippen LogP contribution is 2.08. The zero-order valence-corrected chi connectivity index (χ0v) is 13.8. The molecule has 0 bridgehead atoms. The number of ether oxygens (including phenoxy) is 1. The number of nitrogens with zero attached hydrogens (tertiary/aromatic N) is 3. The topological polar surface area (TPSA) is 74.1 Å². The first kappa shape index (κ1) is 16.8. The number of carbonyl (C=O) groups excluding carboxylic acids is 1. The van der Waals surface area contributed by atoms with E-state index in [1.807, 2.05) is 30.3 Å². The summed E-state index contributed by atoms with van der Waals surface area (Å²) in [6, 6.07) is 11.1. The third-order valence-electron chi connectivity index (χ3n) is 3.91. The lowest BCUT2D eigenvalue weighted by Gasteiger charge is -2.09. The second-order valence-electron chi connectivity index (χ2n) is 5.68. The lowest BCUT2D eigenvalue weighted by atomic mass is 10.1. The molecule has 6 heteroatoms. The molecule has 3 rings (SSSR count). The molecule has 128 valence electrons. The molecule has 0 saturated carbocycles. The van der Waals surface area contributed by atoms with Crippen LogP contribution < -0.4 is 5.43 Å². The predicted octanol–water partition coefficient (Wildman–Crippen LogP) is 2.36. The predicted molar refractivity (Wildman–Crippen MR) is 94.1 cm³/mol. The molecular formula is C19H19N3O3. The van der Waals surface area contributed by atoms with E-state index < -0.39 is 0 Å². The molecule has 0 radical (unpaired) electrons. The summed E-state index contributed by atoms with van der Waals surface area (Å²) < 4.78 is 6.93. The van der Waals surface area contributed by atoms with E-state index in [0.29, 0.717) is 18.5 Å². The minimum Gasteiger partial charge on any atom is -0.466 e. The fraction of sp³-hybridized carbons (Fsp3) is 0.263. The van der Waals surface area contributed by atoms with Crippen molar-refractivity contribution in [3.05, 3.63) is 70.8 Å². The Balaban J connectivity index is 1.48. The third kappa shape index (κ3) is 4.50. The van der Waals surface area contributed by atoms with Crippen LogP contribution in [0.3, 0.4) is 0 Å². The van der Waals surface area contributed by atoms with Gasteiger partial charge in [0.1, 0.15) is 0 Å². The van der Waals surface area contributed by atoms with Gasteiger partial charge in [-0.15, -0.1) is 0 Å². The maximum absolute atomic E-state index is 11.9. The van der Waals surface area contributed by atoms with E-state index in [2.05, 4.69) is 10.1 Å². The van der Waals surface area contributed by atoms with Crippen LogP contribution in [0.15, 0.2) is 59.8 Å². The normalized spacial score (nSPS) is 10.7. The van der Waals surface area contributed by atoms with Crippen LogP contribution in [-0.2, 0) is 22.5 Å². The maximum Gasteiger partial charge on any atom is 0.307 e. The van der Waals surface area contributed by atoms with Crippen LogP contribution in [0.4, 0.5) is 0 Å². The van der Waals surface area contributed by atoms with E-state index >= 15 is 0 Å². The van der Waals surface area contributed by atoms with Crippen LogP contribution in [-0.4, -0.2) is 27.3 Å². The SMILES string of the molecule is O=C(CCn1ncc(=O)c2ccccc21)OCCCc1ccncc1. The molecule has 0 aliphatic rings. The minimum atomic E-state index is -0.265. The average Bonchev–Trinajstić information content (AvgIpc) is 2.66. The van der Waals surface area contributed by atoms with Crippen LogP contribution >= 0.6 is 0 Å². The summed E-state index contributed by atoms with van der Waals surface area (Å²) >= 11 is 0. The van der Waals surface area contributed by atoms with Gasteiger partial charge in [-0.25, -0.2) is 0 Å². The van der Waals surface area contributed by atoms with Crippen LogP contribution in [0.25, 0.3) is 10.9 Å². The Labute approximate surface area is 145 Å². The number of esters is 1. The maximum atomic E-state index is 11.9. The molecular weight excluding hydrogens is 318 g/mol. The van der Waals surface area contributed by atoms with Gasteiger partial charge >= 0.3 is 5.97 Å². The summed E-state index contributed by atoms with van der Waals surface area (Å²) in [5.74, 6) is -0.265. The molecule has 0 atom stereocenters. The molecule has 3 aromatic rings. The molecule has 0 spiro atoms. The smallest absolute Gasteiger partial charge is 0.307 e. The fourth-order valence-corrected chi connectivity index (χ4v) is 2.62. The average molecular weight is 337 g/mol. The van der Waals surface area contributed by atoms with Gasteiger partial charge in [-0.3, -0.25) is 19.3 Å². The standard InChI is InChI=1S/C19H19N3O3/c23-18-14-21-22(17-6-2-1-5-16(17)18)12-9-19(24)25-13-3-4-15-7-10-20-11-8-15/h1-2,5-8,10-11,14H,3-4,9,12-13H2. The van der Waals surface area contributed by atoms with E-state index in [9.17, 15) is 9.59 Å². The van der Waals surface area contributed by atoms with Gasteiger partial charge in [0.05, 0.1) is 31.3 Å². The summed E-state index contributed by atoms with van der Waals surface area (Å²) in [5.41, 5.74) is 1.78. The minimum absolute atomic E-state index is 0.120. The van der Waals surface area contributed by atoms with Crippen molar-refractivity contribution in [3.8, 4) is 0 Å². The fourth-order valence-electron chi connectivity index (χ4n) is 2.62. The van der Waals surface area contributed by atoms with Crippen LogP contribution in [0.1, 0.15) is 18.4 Å². The lowest BCUT2D eigenvalue weighted by Crippen LogP contribution is -2.15. The third-order valence-corrected chi connectivity index (χ3v) is 3.91. The van der Waals surface area contributed by atoms with E-state index in [0.717, 1.165) is 18.4 Å². The Kier molecular flexibility index (Phi) is 5.51. The van der Waals surface area contributed by atoms with Gasteiger partial charge in [0.25, 0.3) is 0 Å². The van der Waals surface area contributed by atoms with Crippen molar-refractivity contribution in [1.29, 1.82) is 0 Å².